The van der Waals surface area contributed by atoms with Crippen LogP contribution in [0.5, 0.6) is 0 Å². The Bertz CT molecular complexity index is 895. The molecule has 0 saturated carbocycles. The molecule has 2 rings (SSSR count). The minimum absolute atomic E-state index is 0.262. The van der Waals surface area contributed by atoms with Crippen molar-refractivity contribution in [3.63, 3.8) is 0 Å². The molecular formula is C30H32. The lowest BCUT2D eigenvalue weighted by molar-refractivity contribution is 0.661. The molecule has 30 heavy (non-hydrogen) atoms. The summed E-state index contributed by atoms with van der Waals surface area (Å²) < 4.78 is 0. The minimum atomic E-state index is 0.262. The summed E-state index contributed by atoms with van der Waals surface area (Å²) >= 11 is 0. The zero-order valence-electron chi connectivity index (χ0n) is 17.7. The topological polar surface area (TPSA) is 0 Å². The predicted molar refractivity (Wildman–Crippen MR) is 135 cm³/mol. The second kappa shape index (κ2) is 13.7. The van der Waals surface area contributed by atoms with Crippen molar-refractivity contribution in [3.8, 4) is 0 Å². The van der Waals surface area contributed by atoms with Gasteiger partial charge in [0.2, 0.25) is 0 Å². The summed E-state index contributed by atoms with van der Waals surface area (Å²) in [5.41, 5.74) is 3.53. The standard InChI is InChI=1S/C30H32/c1-4-7-8-9-10-11-12-16-22-29-24-28(6-3)30(25-27(29)5-2)23-18-17-21-26-19-14-13-15-20-26/h4-6,9-25,28,30H,1-3,7-8H2/b10-9+,12-11+,21-17+,22-16+,23-18+. The van der Waals surface area contributed by atoms with E-state index in [-0.39, 0.29) is 11.8 Å². The summed E-state index contributed by atoms with van der Waals surface area (Å²) in [7, 11) is 0. The first-order valence-corrected chi connectivity index (χ1v) is 10.5. The number of hydrogen-bond acceptors (Lipinski definition) is 0. The molecule has 0 heterocycles. The maximum atomic E-state index is 4.04. The lowest BCUT2D eigenvalue weighted by atomic mass is 9.81. The molecule has 0 N–H and O–H groups in total. The molecule has 0 aromatic heterocycles. The van der Waals surface area contributed by atoms with Gasteiger partial charge in [-0.2, -0.15) is 0 Å². The van der Waals surface area contributed by atoms with Gasteiger partial charge in [0.1, 0.15) is 0 Å². The summed E-state index contributed by atoms with van der Waals surface area (Å²) in [6.45, 7) is 11.8. The van der Waals surface area contributed by atoms with Gasteiger partial charge in [-0.25, -0.2) is 0 Å². The zero-order chi connectivity index (χ0) is 21.4. The highest BCUT2D eigenvalue weighted by Crippen LogP contribution is 2.31. The molecule has 0 bridgehead atoms. The molecule has 1 aromatic carbocycles. The summed E-state index contributed by atoms with van der Waals surface area (Å²) in [4.78, 5) is 0. The van der Waals surface area contributed by atoms with E-state index in [9.17, 15) is 0 Å². The smallest absolute Gasteiger partial charge is 0.00567 e. The molecule has 0 spiro atoms. The summed E-state index contributed by atoms with van der Waals surface area (Å²) in [6.07, 6.45) is 33.5. The van der Waals surface area contributed by atoms with Crippen LogP contribution >= 0.6 is 0 Å². The highest BCUT2D eigenvalue weighted by Gasteiger charge is 2.18. The molecule has 0 aliphatic heterocycles. The molecule has 2 atom stereocenters. The molecule has 0 nitrogen and oxygen atoms in total. The van der Waals surface area contributed by atoms with E-state index in [1.54, 1.807) is 0 Å². The van der Waals surface area contributed by atoms with E-state index in [2.05, 4.69) is 105 Å². The van der Waals surface area contributed by atoms with Crippen LogP contribution in [-0.4, -0.2) is 0 Å². The molecule has 0 radical (unpaired) electrons. The van der Waals surface area contributed by atoms with Gasteiger partial charge in [0, 0.05) is 11.8 Å². The Morgan fingerprint density at radius 3 is 2.17 bits per heavy atom. The molecule has 2 unspecified atom stereocenters. The molecule has 0 saturated heterocycles. The first kappa shape index (κ1) is 22.9. The van der Waals surface area contributed by atoms with Crippen LogP contribution in [0.3, 0.4) is 0 Å². The fraction of sp³-hybridized carbons (Fsp3) is 0.133. The van der Waals surface area contributed by atoms with Gasteiger partial charge < -0.3 is 0 Å². The molecule has 1 aliphatic carbocycles. The Kier molecular flexibility index (Phi) is 10.5. The second-order valence-corrected chi connectivity index (χ2v) is 7.03. The van der Waals surface area contributed by atoms with Crippen LogP contribution in [0.4, 0.5) is 0 Å². The fourth-order valence-electron chi connectivity index (χ4n) is 3.18. The van der Waals surface area contributed by atoms with Gasteiger partial charge >= 0.3 is 0 Å². The summed E-state index contributed by atoms with van der Waals surface area (Å²) in [5, 5.41) is 0. The van der Waals surface area contributed by atoms with Gasteiger partial charge in [-0.05, 0) is 29.6 Å². The Labute approximate surface area is 182 Å². The number of rotatable bonds is 11. The van der Waals surface area contributed by atoms with Crippen LogP contribution in [0.25, 0.3) is 6.08 Å². The van der Waals surface area contributed by atoms with Crippen LogP contribution in [0.15, 0.2) is 146 Å². The number of hydrogen-bond donors (Lipinski definition) is 0. The van der Waals surface area contributed by atoms with E-state index in [1.807, 2.05) is 36.4 Å². The quantitative estimate of drug-likeness (QED) is 0.202. The predicted octanol–water partition coefficient (Wildman–Crippen LogP) is 8.36. The first-order valence-electron chi connectivity index (χ1n) is 10.5. The van der Waals surface area contributed by atoms with Crippen LogP contribution in [0, 0.1) is 11.8 Å². The third-order valence-corrected chi connectivity index (χ3v) is 4.83. The fourth-order valence-corrected chi connectivity index (χ4v) is 3.18. The van der Waals surface area contributed by atoms with Crippen molar-refractivity contribution in [2.75, 3.05) is 0 Å². The van der Waals surface area contributed by atoms with Crippen LogP contribution in [-0.2, 0) is 0 Å². The molecule has 0 fully saturated rings. The number of benzene rings is 1. The maximum Gasteiger partial charge on any atom is 0.00567 e. The summed E-state index contributed by atoms with van der Waals surface area (Å²) in [6, 6.07) is 10.3. The normalized spacial score (nSPS) is 19.7. The van der Waals surface area contributed by atoms with E-state index in [4.69, 9.17) is 0 Å². The molecule has 0 heteroatoms. The molecule has 1 aromatic rings. The second-order valence-electron chi connectivity index (χ2n) is 7.03. The highest BCUT2D eigenvalue weighted by molar-refractivity contribution is 5.52. The van der Waals surface area contributed by atoms with Crippen molar-refractivity contribution in [2.45, 2.75) is 12.8 Å². The van der Waals surface area contributed by atoms with Gasteiger partial charge in [0.15, 0.2) is 0 Å². The average molecular weight is 393 g/mol. The maximum absolute atomic E-state index is 4.04. The van der Waals surface area contributed by atoms with Crippen LogP contribution in [0.2, 0.25) is 0 Å². The Hall–Kier alpha value is -3.38. The van der Waals surface area contributed by atoms with Crippen molar-refractivity contribution >= 4 is 6.08 Å². The van der Waals surface area contributed by atoms with Crippen molar-refractivity contribution < 1.29 is 0 Å². The monoisotopic (exact) mass is 392 g/mol. The van der Waals surface area contributed by atoms with E-state index in [0.29, 0.717) is 0 Å². The molecular weight excluding hydrogens is 360 g/mol. The van der Waals surface area contributed by atoms with Gasteiger partial charge in [-0.15, -0.1) is 13.2 Å². The SMILES string of the molecule is C=CCC/C=C/C=C/C=C/C1=CC(C=C)C(/C=C/C=C/c2ccccc2)C=C1C=C. The Morgan fingerprint density at radius 2 is 1.43 bits per heavy atom. The minimum Gasteiger partial charge on any atom is -0.103 e. The van der Waals surface area contributed by atoms with Gasteiger partial charge in [0.25, 0.3) is 0 Å². The van der Waals surface area contributed by atoms with Crippen molar-refractivity contribution in [2.24, 2.45) is 11.8 Å². The van der Waals surface area contributed by atoms with Crippen molar-refractivity contribution in [1.29, 1.82) is 0 Å². The highest BCUT2D eigenvalue weighted by atomic mass is 14.2. The van der Waals surface area contributed by atoms with Crippen LogP contribution < -0.4 is 0 Å². The number of allylic oxidation sites excluding steroid dienone is 16. The van der Waals surface area contributed by atoms with Gasteiger partial charge in [0.05, 0.1) is 0 Å². The van der Waals surface area contributed by atoms with Gasteiger partial charge in [-0.1, -0.05) is 128 Å². The Morgan fingerprint density at radius 1 is 0.700 bits per heavy atom. The average Bonchev–Trinajstić information content (AvgIpc) is 2.79. The number of unbranched alkanes of at least 4 members (excludes halogenated alkanes) is 1. The third-order valence-electron chi connectivity index (χ3n) is 4.83. The Balaban J connectivity index is 2.02. The molecule has 152 valence electrons. The zero-order valence-corrected chi connectivity index (χ0v) is 17.7. The van der Waals surface area contributed by atoms with Crippen LogP contribution in [0.1, 0.15) is 18.4 Å². The largest absolute Gasteiger partial charge is 0.103 e. The van der Waals surface area contributed by atoms with E-state index in [0.717, 1.165) is 18.4 Å². The van der Waals surface area contributed by atoms with E-state index >= 15 is 0 Å². The third kappa shape index (κ3) is 7.93. The first-order chi connectivity index (χ1) is 14.8. The van der Waals surface area contributed by atoms with E-state index < -0.39 is 0 Å². The lowest BCUT2D eigenvalue weighted by Gasteiger charge is -2.23. The van der Waals surface area contributed by atoms with Gasteiger partial charge in [-0.3, -0.25) is 0 Å². The van der Waals surface area contributed by atoms with Crippen molar-refractivity contribution in [3.05, 3.63) is 152 Å². The lowest BCUT2D eigenvalue weighted by Crippen LogP contribution is -2.11. The van der Waals surface area contributed by atoms with E-state index in [1.165, 1.54) is 11.1 Å². The summed E-state index contributed by atoms with van der Waals surface area (Å²) in [5.74, 6) is 0.536. The molecule has 0 amide bonds. The molecule has 1 aliphatic rings. The van der Waals surface area contributed by atoms with Crippen molar-refractivity contribution in [1.82, 2.24) is 0 Å².